The molecule has 0 spiro atoms. The largest absolute Gasteiger partial charge is 0.481 e. The molecule has 5 nitrogen and oxygen atoms in total. The molecule has 0 amide bonds. The minimum Gasteiger partial charge on any atom is -0.481 e. The maximum Gasteiger partial charge on any atom is 0.313 e. The molecule has 1 aliphatic rings. The van der Waals surface area contributed by atoms with Crippen molar-refractivity contribution in [3.63, 3.8) is 0 Å². The fourth-order valence-corrected chi connectivity index (χ4v) is 2.92. The second-order valence-electron chi connectivity index (χ2n) is 5.87. The van der Waals surface area contributed by atoms with Crippen LogP contribution in [0.2, 0.25) is 5.02 Å². The molecule has 1 aromatic heterocycles. The smallest absolute Gasteiger partial charge is 0.313 e. The lowest BCUT2D eigenvalue weighted by atomic mass is 9.89. The Labute approximate surface area is 137 Å². The van der Waals surface area contributed by atoms with Crippen molar-refractivity contribution < 1.29 is 18.8 Å². The number of nitrogens with zero attached hydrogens (tertiary/aromatic N) is 2. The molecular formula is C16H16ClFN2O3. The minimum absolute atomic E-state index is 0.176. The lowest BCUT2D eigenvalue weighted by molar-refractivity contribution is -0.149. The molecule has 1 aromatic carbocycles. The van der Waals surface area contributed by atoms with Crippen LogP contribution in [0.1, 0.15) is 12.2 Å². The van der Waals surface area contributed by atoms with E-state index in [-0.39, 0.29) is 6.54 Å². The zero-order valence-electron chi connectivity index (χ0n) is 12.3. The normalized spacial score (nSPS) is 21.7. The lowest BCUT2D eigenvalue weighted by Crippen LogP contribution is -2.36. The number of carboxylic acids is 1. The molecule has 122 valence electrons. The van der Waals surface area contributed by atoms with Crippen LogP contribution in [0, 0.1) is 5.41 Å². The molecule has 1 fully saturated rings. The third kappa shape index (κ3) is 3.23. The predicted molar refractivity (Wildman–Crippen MR) is 82.9 cm³/mol. The SMILES string of the molecule is O=C(O)C1(CF)CCN(Cc2cc(-c3ccc(Cl)cc3)no2)C1. The highest BCUT2D eigenvalue weighted by atomic mass is 35.5. The van der Waals surface area contributed by atoms with E-state index in [9.17, 15) is 14.3 Å². The molecule has 1 saturated heterocycles. The van der Waals surface area contributed by atoms with E-state index in [0.29, 0.717) is 36.0 Å². The van der Waals surface area contributed by atoms with Gasteiger partial charge < -0.3 is 9.63 Å². The van der Waals surface area contributed by atoms with Crippen LogP contribution in [0.4, 0.5) is 4.39 Å². The van der Waals surface area contributed by atoms with E-state index >= 15 is 0 Å². The Bertz CT molecular complexity index is 704. The van der Waals surface area contributed by atoms with Gasteiger partial charge in [-0.3, -0.25) is 9.69 Å². The van der Waals surface area contributed by atoms with E-state index in [1.165, 1.54) is 0 Å². The Morgan fingerprint density at radius 3 is 2.78 bits per heavy atom. The van der Waals surface area contributed by atoms with Gasteiger partial charge in [-0.05, 0) is 25.1 Å². The van der Waals surface area contributed by atoms with Crippen molar-refractivity contribution in [2.75, 3.05) is 19.8 Å². The van der Waals surface area contributed by atoms with Gasteiger partial charge in [0.05, 0.1) is 6.54 Å². The Morgan fingerprint density at radius 2 is 2.17 bits per heavy atom. The van der Waals surface area contributed by atoms with Crippen LogP contribution in [0.15, 0.2) is 34.9 Å². The maximum absolute atomic E-state index is 13.1. The van der Waals surface area contributed by atoms with Gasteiger partial charge in [0.15, 0.2) is 5.76 Å². The summed E-state index contributed by atoms with van der Waals surface area (Å²) in [7, 11) is 0. The van der Waals surface area contributed by atoms with Gasteiger partial charge in [-0.25, -0.2) is 4.39 Å². The highest BCUT2D eigenvalue weighted by Gasteiger charge is 2.45. The first-order valence-corrected chi connectivity index (χ1v) is 7.63. The van der Waals surface area contributed by atoms with E-state index in [4.69, 9.17) is 16.1 Å². The van der Waals surface area contributed by atoms with E-state index in [1.54, 1.807) is 18.2 Å². The van der Waals surface area contributed by atoms with Crippen molar-refractivity contribution >= 4 is 17.6 Å². The number of halogens is 2. The first-order valence-electron chi connectivity index (χ1n) is 7.26. The van der Waals surface area contributed by atoms with Gasteiger partial charge in [-0.1, -0.05) is 28.9 Å². The van der Waals surface area contributed by atoms with Crippen molar-refractivity contribution in [1.29, 1.82) is 0 Å². The number of carbonyl (C=O) groups is 1. The van der Waals surface area contributed by atoms with Crippen LogP contribution in [0.3, 0.4) is 0 Å². The second kappa shape index (κ2) is 6.29. The molecule has 1 unspecified atom stereocenters. The summed E-state index contributed by atoms with van der Waals surface area (Å²) in [4.78, 5) is 13.1. The number of aromatic nitrogens is 1. The molecular weight excluding hydrogens is 323 g/mol. The molecule has 3 rings (SSSR count). The molecule has 23 heavy (non-hydrogen) atoms. The van der Waals surface area contributed by atoms with Crippen molar-refractivity contribution in [2.24, 2.45) is 5.41 Å². The predicted octanol–water partition coefficient (Wildman–Crippen LogP) is 3.24. The standard InChI is InChI=1S/C16H16ClFN2O3/c17-12-3-1-11(2-4-12)14-7-13(23-19-14)8-20-6-5-16(9-18,10-20)15(21)22/h1-4,7H,5-6,8-10H2,(H,21,22). The van der Waals surface area contributed by atoms with Crippen LogP contribution >= 0.6 is 11.6 Å². The van der Waals surface area contributed by atoms with Gasteiger partial charge in [0.2, 0.25) is 0 Å². The number of hydrogen-bond acceptors (Lipinski definition) is 4. The summed E-state index contributed by atoms with van der Waals surface area (Å²) in [6, 6.07) is 9.04. The van der Waals surface area contributed by atoms with Crippen LogP contribution in [-0.2, 0) is 11.3 Å². The molecule has 7 heteroatoms. The second-order valence-corrected chi connectivity index (χ2v) is 6.30. The third-order valence-electron chi connectivity index (χ3n) is 4.22. The van der Waals surface area contributed by atoms with Gasteiger partial charge in [0.25, 0.3) is 0 Å². The molecule has 0 aliphatic carbocycles. The van der Waals surface area contributed by atoms with E-state index < -0.39 is 18.1 Å². The molecule has 1 aliphatic heterocycles. The van der Waals surface area contributed by atoms with Gasteiger partial charge in [0.1, 0.15) is 17.8 Å². The minimum atomic E-state index is -1.29. The van der Waals surface area contributed by atoms with Crippen LogP contribution < -0.4 is 0 Å². The number of benzene rings is 1. The van der Waals surface area contributed by atoms with Gasteiger partial charge >= 0.3 is 5.97 Å². The number of likely N-dealkylation sites (tertiary alicyclic amines) is 1. The van der Waals surface area contributed by atoms with Crippen LogP contribution in [-0.4, -0.2) is 40.9 Å². The molecule has 0 saturated carbocycles. The van der Waals surface area contributed by atoms with Crippen molar-refractivity contribution in [3.05, 3.63) is 41.1 Å². The number of carboxylic acid groups (broad SMARTS) is 1. The van der Waals surface area contributed by atoms with Crippen LogP contribution in [0.25, 0.3) is 11.3 Å². The number of rotatable bonds is 5. The number of hydrogen-bond donors (Lipinski definition) is 1. The zero-order chi connectivity index (χ0) is 16.4. The highest BCUT2D eigenvalue weighted by molar-refractivity contribution is 6.30. The first kappa shape index (κ1) is 16.0. The highest BCUT2D eigenvalue weighted by Crippen LogP contribution is 2.32. The van der Waals surface area contributed by atoms with Gasteiger partial charge in [0, 0.05) is 23.2 Å². The summed E-state index contributed by atoms with van der Waals surface area (Å²) < 4.78 is 18.4. The Balaban J connectivity index is 1.68. The molecule has 0 radical (unpaired) electrons. The fraction of sp³-hybridized carbons (Fsp3) is 0.375. The van der Waals surface area contributed by atoms with E-state index in [0.717, 1.165) is 5.56 Å². The average molecular weight is 339 g/mol. The quantitative estimate of drug-likeness (QED) is 0.906. The maximum atomic E-state index is 13.1. The number of alkyl halides is 1. The topological polar surface area (TPSA) is 66.6 Å². The summed E-state index contributed by atoms with van der Waals surface area (Å²) >= 11 is 5.85. The zero-order valence-corrected chi connectivity index (χ0v) is 13.1. The van der Waals surface area contributed by atoms with E-state index in [1.807, 2.05) is 17.0 Å². The van der Waals surface area contributed by atoms with Crippen molar-refractivity contribution in [2.45, 2.75) is 13.0 Å². The molecule has 2 heterocycles. The molecule has 1 atom stereocenters. The first-order chi connectivity index (χ1) is 11.0. The van der Waals surface area contributed by atoms with Gasteiger partial charge in [-0.15, -0.1) is 0 Å². The Morgan fingerprint density at radius 1 is 1.43 bits per heavy atom. The summed E-state index contributed by atoms with van der Waals surface area (Å²) in [5.74, 6) is -0.461. The van der Waals surface area contributed by atoms with Gasteiger partial charge in [-0.2, -0.15) is 0 Å². The Kier molecular flexibility index (Phi) is 4.37. The van der Waals surface area contributed by atoms with Crippen molar-refractivity contribution in [1.82, 2.24) is 10.1 Å². The summed E-state index contributed by atoms with van der Waals surface area (Å²) in [6.07, 6.45) is 0.303. The summed E-state index contributed by atoms with van der Waals surface area (Å²) in [5.41, 5.74) is 0.277. The fourth-order valence-electron chi connectivity index (χ4n) is 2.80. The average Bonchev–Trinajstić information content (AvgIpc) is 3.16. The van der Waals surface area contributed by atoms with E-state index in [2.05, 4.69) is 5.16 Å². The molecule has 1 N–H and O–H groups in total. The monoisotopic (exact) mass is 338 g/mol. The molecule has 2 aromatic rings. The molecule has 0 bridgehead atoms. The number of aliphatic carboxylic acids is 1. The van der Waals surface area contributed by atoms with Crippen molar-refractivity contribution in [3.8, 4) is 11.3 Å². The summed E-state index contributed by atoms with van der Waals surface area (Å²) in [5, 5.41) is 13.9. The lowest BCUT2D eigenvalue weighted by Gasteiger charge is -2.20. The van der Waals surface area contributed by atoms with Crippen LogP contribution in [0.5, 0.6) is 0 Å². The third-order valence-corrected chi connectivity index (χ3v) is 4.47. The Hall–Kier alpha value is -1.92. The summed E-state index contributed by atoms with van der Waals surface area (Å²) in [6.45, 7) is 0.254.